The quantitative estimate of drug-likeness (QED) is 0.448. The van der Waals surface area contributed by atoms with Crippen LogP contribution in [0.5, 0.6) is 0 Å². The van der Waals surface area contributed by atoms with Gasteiger partial charge in [0.05, 0.1) is 0 Å². The summed E-state index contributed by atoms with van der Waals surface area (Å²) in [6, 6.07) is 11.0. The van der Waals surface area contributed by atoms with Crippen molar-refractivity contribution in [2.24, 2.45) is 0 Å². The molecule has 1 amide bonds. The number of hydrogen-bond donors (Lipinski definition) is 3. The third-order valence-corrected chi connectivity index (χ3v) is 3.98. The highest BCUT2D eigenvalue weighted by atomic mass is 35.5. The minimum absolute atomic E-state index is 0.286. The van der Waals surface area contributed by atoms with E-state index in [4.69, 9.17) is 23.8 Å². The molecule has 1 heterocycles. The summed E-state index contributed by atoms with van der Waals surface area (Å²) < 4.78 is 0. The van der Waals surface area contributed by atoms with Crippen LogP contribution < -0.4 is 16.2 Å². The van der Waals surface area contributed by atoms with E-state index in [0.29, 0.717) is 5.02 Å². The van der Waals surface area contributed by atoms with E-state index in [2.05, 4.69) is 16.2 Å². The Kier molecular flexibility index (Phi) is 5.94. The fourth-order valence-corrected chi connectivity index (χ4v) is 2.63. The molecule has 3 N–H and O–H groups in total. The van der Waals surface area contributed by atoms with Crippen LogP contribution in [-0.2, 0) is 4.79 Å². The predicted molar refractivity (Wildman–Crippen MR) is 97.0 cm³/mol. The molecular formula is C15H14ClN3OS2. The topological polar surface area (TPSA) is 53.2 Å². The van der Waals surface area contributed by atoms with E-state index in [-0.39, 0.29) is 11.0 Å². The lowest BCUT2D eigenvalue weighted by atomic mass is 10.3. The third-order valence-electron chi connectivity index (χ3n) is 2.56. The van der Waals surface area contributed by atoms with Crippen molar-refractivity contribution in [2.45, 2.75) is 6.92 Å². The molecule has 2 rings (SSSR count). The minimum atomic E-state index is -0.286. The fourth-order valence-electron chi connectivity index (χ4n) is 1.56. The van der Waals surface area contributed by atoms with Gasteiger partial charge in [0, 0.05) is 26.5 Å². The monoisotopic (exact) mass is 351 g/mol. The van der Waals surface area contributed by atoms with Crippen molar-refractivity contribution in [1.82, 2.24) is 10.9 Å². The van der Waals surface area contributed by atoms with Crippen LogP contribution in [0.4, 0.5) is 5.69 Å². The van der Waals surface area contributed by atoms with Gasteiger partial charge in [0.2, 0.25) is 0 Å². The number of hydrogen-bond acceptors (Lipinski definition) is 3. The molecule has 0 aliphatic rings. The van der Waals surface area contributed by atoms with Gasteiger partial charge < -0.3 is 5.32 Å². The van der Waals surface area contributed by atoms with Gasteiger partial charge in [-0.05, 0) is 61.6 Å². The molecule has 0 unspecified atom stereocenters. The zero-order chi connectivity index (χ0) is 15.9. The first kappa shape index (κ1) is 16.5. The minimum Gasteiger partial charge on any atom is -0.331 e. The van der Waals surface area contributed by atoms with E-state index < -0.39 is 0 Å². The van der Waals surface area contributed by atoms with Crippen molar-refractivity contribution in [3.8, 4) is 0 Å². The van der Waals surface area contributed by atoms with Crippen LogP contribution in [-0.4, -0.2) is 11.0 Å². The SMILES string of the molecule is Cc1ccc(/C=C/C(=O)NNC(=S)Nc2ccc(Cl)cc2)s1. The molecule has 114 valence electrons. The van der Waals surface area contributed by atoms with E-state index in [1.54, 1.807) is 41.7 Å². The van der Waals surface area contributed by atoms with Crippen molar-refractivity contribution < 1.29 is 4.79 Å². The van der Waals surface area contributed by atoms with Crippen LogP contribution in [0.3, 0.4) is 0 Å². The second-order valence-corrected chi connectivity index (χ2v) is 6.52. The van der Waals surface area contributed by atoms with Gasteiger partial charge in [-0.1, -0.05) is 11.6 Å². The number of nitrogens with one attached hydrogen (secondary N) is 3. The van der Waals surface area contributed by atoms with Crippen LogP contribution in [0, 0.1) is 6.92 Å². The predicted octanol–water partition coefficient (Wildman–Crippen LogP) is 3.74. The zero-order valence-corrected chi connectivity index (χ0v) is 14.1. The summed E-state index contributed by atoms with van der Waals surface area (Å²) in [5, 5.41) is 3.86. The number of hydrazine groups is 1. The zero-order valence-electron chi connectivity index (χ0n) is 11.7. The van der Waals surface area contributed by atoms with Crippen molar-refractivity contribution >= 4 is 57.9 Å². The van der Waals surface area contributed by atoms with Gasteiger partial charge >= 0.3 is 0 Å². The normalized spacial score (nSPS) is 10.5. The largest absolute Gasteiger partial charge is 0.331 e. The smallest absolute Gasteiger partial charge is 0.262 e. The summed E-state index contributed by atoms with van der Waals surface area (Å²) in [6.45, 7) is 2.02. The van der Waals surface area contributed by atoms with Gasteiger partial charge in [0.25, 0.3) is 5.91 Å². The van der Waals surface area contributed by atoms with Crippen LogP contribution in [0.25, 0.3) is 6.08 Å². The first-order chi connectivity index (χ1) is 10.5. The maximum absolute atomic E-state index is 11.7. The number of anilines is 1. The highest BCUT2D eigenvalue weighted by molar-refractivity contribution is 7.80. The van der Waals surface area contributed by atoms with Crippen LogP contribution >= 0.6 is 35.2 Å². The van der Waals surface area contributed by atoms with Gasteiger partial charge in [-0.3, -0.25) is 15.6 Å². The number of benzene rings is 1. The third kappa shape index (κ3) is 5.48. The summed E-state index contributed by atoms with van der Waals surface area (Å²) in [4.78, 5) is 13.9. The van der Waals surface area contributed by atoms with Gasteiger partial charge in [-0.25, -0.2) is 0 Å². The maximum atomic E-state index is 11.7. The first-order valence-electron chi connectivity index (χ1n) is 6.40. The first-order valence-corrected chi connectivity index (χ1v) is 8.00. The number of aryl methyl sites for hydroxylation is 1. The molecule has 0 aliphatic carbocycles. The Balaban J connectivity index is 1.77. The van der Waals surface area contributed by atoms with E-state index in [1.807, 2.05) is 19.1 Å². The summed E-state index contributed by atoms with van der Waals surface area (Å²) in [5.74, 6) is -0.286. The number of thiocarbonyl (C=S) groups is 1. The molecule has 1 aromatic carbocycles. The van der Waals surface area contributed by atoms with Gasteiger partial charge in [0.1, 0.15) is 0 Å². The lowest BCUT2D eigenvalue weighted by molar-refractivity contribution is -0.116. The second kappa shape index (κ2) is 7.93. The number of carbonyl (C=O) groups is 1. The molecule has 0 saturated carbocycles. The number of thiophene rings is 1. The summed E-state index contributed by atoms with van der Waals surface area (Å²) in [5.41, 5.74) is 5.90. The summed E-state index contributed by atoms with van der Waals surface area (Å²) >= 11 is 12.5. The van der Waals surface area contributed by atoms with Crippen molar-refractivity contribution in [3.63, 3.8) is 0 Å². The number of carbonyl (C=O) groups excluding carboxylic acids is 1. The van der Waals surface area contributed by atoms with Gasteiger partial charge in [-0.2, -0.15) is 0 Å². The Bertz CT molecular complexity index is 695. The van der Waals surface area contributed by atoms with Crippen molar-refractivity contribution in [2.75, 3.05) is 5.32 Å². The van der Waals surface area contributed by atoms with Gasteiger partial charge in [0.15, 0.2) is 5.11 Å². The molecule has 22 heavy (non-hydrogen) atoms. The van der Waals surface area contributed by atoms with Crippen molar-refractivity contribution in [1.29, 1.82) is 0 Å². The van der Waals surface area contributed by atoms with Crippen LogP contribution in [0.2, 0.25) is 5.02 Å². The standard InChI is InChI=1S/C15H14ClN3OS2/c1-10-2-7-13(22-10)8-9-14(20)18-19-15(21)17-12-5-3-11(16)4-6-12/h2-9H,1H3,(H,18,20)(H2,17,19,21)/b9-8+. The maximum Gasteiger partial charge on any atom is 0.262 e. The second-order valence-electron chi connectivity index (χ2n) is 4.36. The average Bonchev–Trinajstić information content (AvgIpc) is 2.91. The molecule has 1 aromatic heterocycles. The Hall–Kier alpha value is -1.89. The van der Waals surface area contributed by atoms with E-state index in [9.17, 15) is 4.79 Å². The molecule has 7 heteroatoms. The number of rotatable bonds is 3. The van der Waals surface area contributed by atoms with Crippen LogP contribution in [0.15, 0.2) is 42.5 Å². The Morgan fingerprint density at radius 3 is 2.55 bits per heavy atom. The Labute approximate surface area is 143 Å². The molecule has 2 aromatic rings. The summed E-state index contributed by atoms with van der Waals surface area (Å²) in [7, 11) is 0. The summed E-state index contributed by atoms with van der Waals surface area (Å²) in [6.07, 6.45) is 3.20. The molecule has 0 atom stereocenters. The Morgan fingerprint density at radius 2 is 1.91 bits per heavy atom. The molecule has 0 bridgehead atoms. The van der Waals surface area contributed by atoms with E-state index in [0.717, 1.165) is 10.6 Å². The fraction of sp³-hybridized carbons (Fsp3) is 0.0667. The molecule has 0 fully saturated rings. The highest BCUT2D eigenvalue weighted by Gasteiger charge is 2.00. The van der Waals surface area contributed by atoms with E-state index >= 15 is 0 Å². The van der Waals surface area contributed by atoms with Gasteiger partial charge in [-0.15, -0.1) is 11.3 Å². The lowest BCUT2D eigenvalue weighted by Crippen LogP contribution is -2.43. The molecule has 0 radical (unpaired) electrons. The number of amides is 1. The molecule has 0 spiro atoms. The molecule has 0 aliphatic heterocycles. The lowest BCUT2D eigenvalue weighted by Gasteiger charge is -2.10. The van der Waals surface area contributed by atoms with Crippen molar-refractivity contribution in [3.05, 3.63) is 57.3 Å². The molecule has 4 nitrogen and oxygen atoms in total. The number of halogens is 1. The van der Waals surface area contributed by atoms with E-state index in [1.165, 1.54) is 11.0 Å². The average molecular weight is 352 g/mol. The van der Waals surface area contributed by atoms with Crippen LogP contribution in [0.1, 0.15) is 9.75 Å². The molecule has 0 saturated heterocycles. The molecular weight excluding hydrogens is 338 g/mol. The Morgan fingerprint density at radius 1 is 1.18 bits per heavy atom. The highest BCUT2D eigenvalue weighted by Crippen LogP contribution is 2.16.